The Morgan fingerprint density at radius 2 is 0.769 bits per heavy atom. The third kappa shape index (κ3) is 1.74. The highest BCUT2D eigenvalue weighted by molar-refractivity contribution is 5.28. The third-order valence-corrected chi connectivity index (χ3v) is 6.92. The predicted molar refractivity (Wildman–Crippen MR) is 68.8 cm³/mol. The van der Waals surface area contributed by atoms with Crippen molar-refractivity contribution >= 4 is 0 Å². The summed E-state index contributed by atoms with van der Waals surface area (Å²) in [6, 6.07) is 0. The summed E-state index contributed by atoms with van der Waals surface area (Å²) < 4.78 is 156. The lowest BCUT2D eigenvalue weighted by atomic mass is 9.41. The van der Waals surface area contributed by atoms with Gasteiger partial charge in [-0.15, -0.1) is 0 Å². The van der Waals surface area contributed by atoms with Gasteiger partial charge in [0.15, 0.2) is 5.67 Å². The number of hydrogen-bond acceptors (Lipinski definition) is 0. The average molecular weight is 406 g/mol. The Kier molecular flexibility index (Phi) is 3.82. The Morgan fingerprint density at radius 1 is 0.462 bits per heavy atom. The molecule has 0 aromatic heterocycles. The third-order valence-electron chi connectivity index (χ3n) is 6.92. The molecule has 0 aliphatic heterocycles. The number of hydrogen-bond donors (Lipinski definition) is 0. The molecule has 3 atom stereocenters. The molecule has 2 rings (SSSR count). The van der Waals surface area contributed by atoms with Crippen molar-refractivity contribution in [3.8, 4) is 0 Å². The van der Waals surface area contributed by atoms with Crippen LogP contribution in [0.2, 0.25) is 0 Å². The van der Waals surface area contributed by atoms with Crippen molar-refractivity contribution in [2.24, 2.45) is 22.7 Å². The Hall–Kier alpha value is -0.770. The smallest absolute Gasteiger partial charge is 0.237 e. The van der Waals surface area contributed by atoms with Crippen molar-refractivity contribution in [3.05, 3.63) is 0 Å². The summed E-state index contributed by atoms with van der Waals surface area (Å²) in [5.74, 6) is -39.0. The number of halogens is 11. The molecule has 26 heavy (non-hydrogen) atoms. The molecule has 0 N–H and O–H groups in total. The van der Waals surface area contributed by atoms with Crippen molar-refractivity contribution in [3.63, 3.8) is 0 Å². The second-order valence-corrected chi connectivity index (χ2v) is 8.32. The fourth-order valence-corrected chi connectivity index (χ4v) is 4.24. The van der Waals surface area contributed by atoms with E-state index in [4.69, 9.17) is 0 Å². The van der Waals surface area contributed by atoms with Crippen LogP contribution in [0, 0.1) is 22.7 Å². The molecule has 154 valence electrons. The van der Waals surface area contributed by atoms with Gasteiger partial charge in [-0.2, -0.15) is 35.1 Å². The maximum absolute atomic E-state index is 15.0. The summed E-state index contributed by atoms with van der Waals surface area (Å²) in [6.45, 7) is 2.76. The first-order valence-corrected chi connectivity index (χ1v) is 7.57. The van der Waals surface area contributed by atoms with E-state index in [1.54, 1.807) is 0 Å². The monoisotopic (exact) mass is 406 g/mol. The molecular weight excluding hydrogens is 389 g/mol. The molecule has 0 aromatic carbocycles. The zero-order valence-electron chi connectivity index (χ0n) is 14.3. The van der Waals surface area contributed by atoms with Crippen LogP contribution in [0.25, 0.3) is 0 Å². The molecule has 2 aliphatic carbocycles. The molecule has 2 fully saturated rings. The SMILES string of the molecule is CC1(C)C2C(C(F)(F)C(C)(F)C1(C)C)C(F)(F)C(F)(F)C(F)(F)C2(F)F. The molecule has 0 spiro atoms. The molecule has 0 heterocycles. The topological polar surface area (TPSA) is 0 Å². The molecule has 3 unspecified atom stereocenters. The average Bonchev–Trinajstić information content (AvgIpc) is 2.39. The van der Waals surface area contributed by atoms with Gasteiger partial charge < -0.3 is 0 Å². The minimum atomic E-state index is -6.80. The van der Waals surface area contributed by atoms with Crippen LogP contribution in [0.3, 0.4) is 0 Å². The summed E-state index contributed by atoms with van der Waals surface area (Å²) in [6.07, 6.45) is 0. The maximum atomic E-state index is 15.0. The molecule has 11 heteroatoms. The summed E-state index contributed by atoms with van der Waals surface area (Å²) in [5, 5.41) is 0. The number of alkyl halides is 11. The molecule has 0 nitrogen and oxygen atoms in total. The number of fused-ring (bicyclic) bond motifs is 1. The van der Waals surface area contributed by atoms with Crippen molar-refractivity contribution in [2.75, 3.05) is 0 Å². The van der Waals surface area contributed by atoms with Gasteiger partial charge in [0.1, 0.15) is 5.92 Å². The molecule has 0 aromatic rings. The lowest BCUT2D eigenvalue weighted by molar-refractivity contribution is -0.476. The number of rotatable bonds is 0. The first-order valence-electron chi connectivity index (χ1n) is 7.57. The lowest BCUT2D eigenvalue weighted by Crippen LogP contribution is -2.83. The molecule has 2 saturated carbocycles. The maximum Gasteiger partial charge on any atom is 0.378 e. The van der Waals surface area contributed by atoms with Gasteiger partial charge in [0.25, 0.3) is 5.92 Å². The van der Waals surface area contributed by atoms with E-state index in [1.165, 1.54) is 0 Å². The molecule has 0 saturated heterocycles. The summed E-state index contributed by atoms with van der Waals surface area (Å²) >= 11 is 0. The first kappa shape index (κ1) is 21.5. The van der Waals surface area contributed by atoms with Crippen LogP contribution < -0.4 is 0 Å². The van der Waals surface area contributed by atoms with Gasteiger partial charge in [-0.3, -0.25) is 0 Å². The Balaban J connectivity index is 2.99. The van der Waals surface area contributed by atoms with E-state index in [9.17, 15) is 48.3 Å². The molecule has 2 aliphatic rings. The highest BCUT2D eigenvalue weighted by Gasteiger charge is 2.96. The normalized spacial score (nSPS) is 43.4. The molecule has 0 bridgehead atoms. The second-order valence-electron chi connectivity index (χ2n) is 8.32. The zero-order valence-corrected chi connectivity index (χ0v) is 14.3. The van der Waals surface area contributed by atoms with Gasteiger partial charge in [-0.05, 0) is 12.3 Å². The van der Waals surface area contributed by atoms with E-state index >= 15 is 0 Å². The standard InChI is InChI=1S/C15H17F11/c1-8(2)6-7(11(17,18)10(5,16)9(8,3)4)13(21,22)15(25,26)14(23,24)12(6,19)20/h6-7H,1-5H3. The van der Waals surface area contributed by atoms with E-state index in [2.05, 4.69) is 0 Å². The largest absolute Gasteiger partial charge is 0.378 e. The fourth-order valence-electron chi connectivity index (χ4n) is 4.24. The Labute approximate surface area is 142 Å². The minimum absolute atomic E-state index is 0.129. The molecule has 0 radical (unpaired) electrons. The summed E-state index contributed by atoms with van der Waals surface area (Å²) in [5.41, 5.74) is -9.14. The van der Waals surface area contributed by atoms with Gasteiger partial charge in [0.2, 0.25) is 0 Å². The van der Waals surface area contributed by atoms with Crippen molar-refractivity contribution < 1.29 is 48.3 Å². The van der Waals surface area contributed by atoms with E-state index in [0.29, 0.717) is 27.7 Å². The van der Waals surface area contributed by atoms with E-state index in [0.717, 1.165) is 0 Å². The predicted octanol–water partition coefficient (Wildman–Crippen LogP) is 6.20. The second kappa shape index (κ2) is 4.61. The van der Waals surface area contributed by atoms with Crippen LogP contribution in [0.5, 0.6) is 0 Å². The Morgan fingerprint density at radius 3 is 1.12 bits per heavy atom. The molecular formula is C15H17F11. The summed E-state index contributed by atoms with van der Waals surface area (Å²) in [7, 11) is 0. The van der Waals surface area contributed by atoms with E-state index in [-0.39, 0.29) is 6.92 Å². The van der Waals surface area contributed by atoms with Gasteiger partial charge in [-0.1, -0.05) is 27.7 Å². The van der Waals surface area contributed by atoms with E-state index in [1.807, 2.05) is 0 Å². The van der Waals surface area contributed by atoms with Gasteiger partial charge >= 0.3 is 23.7 Å². The van der Waals surface area contributed by atoms with E-state index < -0.39 is 57.9 Å². The van der Waals surface area contributed by atoms with Crippen LogP contribution in [0.15, 0.2) is 0 Å². The van der Waals surface area contributed by atoms with Crippen LogP contribution in [-0.2, 0) is 0 Å². The van der Waals surface area contributed by atoms with Crippen molar-refractivity contribution in [1.82, 2.24) is 0 Å². The quantitative estimate of drug-likeness (QED) is 0.420. The molecule has 0 amide bonds. The van der Waals surface area contributed by atoms with Crippen LogP contribution >= 0.6 is 0 Å². The van der Waals surface area contributed by atoms with Crippen LogP contribution in [0.4, 0.5) is 48.3 Å². The van der Waals surface area contributed by atoms with Crippen molar-refractivity contribution in [1.29, 1.82) is 0 Å². The minimum Gasteiger partial charge on any atom is -0.237 e. The first-order chi connectivity index (χ1) is 11.0. The highest BCUT2D eigenvalue weighted by atomic mass is 19.4. The van der Waals surface area contributed by atoms with Crippen molar-refractivity contribution in [2.45, 2.75) is 69.9 Å². The van der Waals surface area contributed by atoms with Gasteiger partial charge in [0, 0.05) is 11.3 Å². The fraction of sp³-hybridized carbons (Fsp3) is 1.00. The van der Waals surface area contributed by atoms with Gasteiger partial charge in [0.05, 0.1) is 0 Å². The van der Waals surface area contributed by atoms with Crippen LogP contribution in [-0.4, -0.2) is 35.3 Å². The highest BCUT2D eigenvalue weighted by Crippen LogP contribution is 2.77. The summed E-state index contributed by atoms with van der Waals surface area (Å²) in [4.78, 5) is 0. The Bertz CT molecular complexity index is 509. The van der Waals surface area contributed by atoms with Crippen LogP contribution in [0.1, 0.15) is 34.6 Å². The van der Waals surface area contributed by atoms with Gasteiger partial charge in [-0.25, -0.2) is 13.2 Å². The zero-order chi connectivity index (χ0) is 21.2. The lowest BCUT2D eigenvalue weighted by Gasteiger charge is -2.67.